The van der Waals surface area contributed by atoms with Gasteiger partial charge in [-0.25, -0.2) is 0 Å². The fourth-order valence-corrected chi connectivity index (χ4v) is 2.43. The van der Waals surface area contributed by atoms with Crippen molar-refractivity contribution in [2.75, 3.05) is 19.6 Å². The Morgan fingerprint density at radius 3 is 2.20 bits per heavy atom. The predicted octanol–water partition coefficient (Wildman–Crippen LogP) is 3.31. The summed E-state index contributed by atoms with van der Waals surface area (Å²) in [4.78, 5) is 7.28. The zero-order valence-corrected chi connectivity index (χ0v) is 13.8. The molecule has 0 bridgehead atoms. The van der Waals surface area contributed by atoms with Gasteiger partial charge >= 0.3 is 0 Å². The molecular weight excluding hydrogens is 246 g/mol. The van der Waals surface area contributed by atoms with Crippen LogP contribution in [0.2, 0.25) is 0 Å². The van der Waals surface area contributed by atoms with Gasteiger partial charge in [0.25, 0.3) is 0 Å². The van der Waals surface area contributed by atoms with Gasteiger partial charge in [0.05, 0.1) is 11.4 Å². The van der Waals surface area contributed by atoms with Crippen molar-refractivity contribution < 1.29 is 0 Å². The predicted molar refractivity (Wildman–Crippen MR) is 86.6 cm³/mol. The second-order valence-electron chi connectivity index (χ2n) is 6.38. The number of hydrogen-bond acceptors (Lipinski definition) is 3. The normalized spacial score (nSPS) is 11.8. The van der Waals surface area contributed by atoms with E-state index in [9.17, 15) is 0 Å². The van der Waals surface area contributed by atoms with Gasteiger partial charge < -0.3 is 5.32 Å². The zero-order chi connectivity index (χ0) is 15.0. The molecule has 0 aliphatic carbocycles. The van der Waals surface area contributed by atoms with E-state index in [1.165, 1.54) is 5.69 Å². The lowest BCUT2D eigenvalue weighted by Crippen LogP contribution is -2.31. The lowest BCUT2D eigenvalue weighted by atomic mass is 10.1. The average Bonchev–Trinajstić information content (AvgIpc) is 2.35. The highest BCUT2D eigenvalue weighted by atomic mass is 15.1. The molecule has 0 saturated carbocycles. The second-order valence-corrected chi connectivity index (χ2v) is 6.38. The number of aromatic nitrogens is 1. The zero-order valence-electron chi connectivity index (χ0n) is 13.8. The quantitative estimate of drug-likeness (QED) is 0.750. The summed E-state index contributed by atoms with van der Waals surface area (Å²) in [5.74, 6) is 1.39. The molecule has 3 nitrogen and oxygen atoms in total. The van der Waals surface area contributed by atoms with Crippen molar-refractivity contribution in [1.82, 2.24) is 15.2 Å². The maximum atomic E-state index is 4.76. The standard InChI is InChI=1S/C17H31N3/c1-6-18-10-16-8-7-9-17(19-16)13-20(11-14(2)3)12-15(4)5/h7-9,14-15,18H,6,10-13H2,1-5H3. The van der Waals surface area contributed by atoms with Gasteiger partial charge in [0.1, 0.15) is 0 Å². The first-order chi connectivity index (χ1) is 9.51. The van der Waals surface area contributed by atoms with Crippen molar-refractivity contribution in [3.05, 3.63) is 29.6 Å². The Labute approximate surface area is 124 Å². The highest BCUT2D eigenvalue weighted by molar-refractivity contribution is 5.11. The molecule has 0 atom stereocenters. The van der Waals surface area contributed by atoms with Crippen LogP contribution in [0.1, 0.15) is 46.0 Å². The van der Waals surface area contributed by atoms with Gasteiger partial charge in [-0.3, -0.25) is 9.88 Å². The number of pyridine rings is 1. The highest BCUT2D eigenvalue weighted by Gasteiger charge is 2.11. The first kappa shape index (κ1) is 17.1. The van der Waals surface area contributed by atoms with Crippen molar-refractivity contribution in [3.63, 3.8) is 0 Å². The summed E-state index contributed by atoms with van der Waals surface area (Å²) in [6, 6.07) is 6.36. The fourth-order valence-electron chi connectivity index (χ4n) is 2.43. The third kappa shape index (κ3) is 7.01. The van der Waals surface area contributed by atoms with Crippen LogP contribution in [0.3, 0.4) is 0 Å². The smallest absolute Gasteiger partial charge is 0.0547 e. The van der Waals surface area contributed by atoms with Gasteiger partial charge in [-0.15, -0.1) is 0 Å². The molecule has 1 aromatic rings. The van der Waals surface area contributed by atoms with Crippen molar-refractivity contribution in [2.24, 2.45) is 11.8 Å². The summed E-state index contributed by atoms with van der Waals surface area (Å²) < 4.78 is 0. The third-order valence-electron chi connectivity index (χ3n) is 3.05. The van der Waals surface area contributed by atoms with Gasteiger partial charge in [-0.1, -0.05) is 40.7 Å². The number of nitrogens with one attached hydrogen (secondary N) is 1. The van der Waals surface area contributed by atoms with E-state index < -0.39 is 0 Å². The summed E-state index contributed by atoms with van der Waals surface area (Å²) in [5.41, 5.74) is 2.32. The molecule has 1 aromatic heterocycles. The van der Waals surface area contributed by atoms with Crippen LogP contribution in [0.4, 0.5) is 0 Å². The van der Waals surface area contributed by atoms with E-state index in [0.29, 0.717) is 11.8 Å². The van der Waals surface area contributed by atoms with E-state index in [0.717, 1.165) is 38.4 Å². The van der Waals surface area contributed by atoms with Crippen molar-refractivity contribution in [3.8, 4) is 0 Å². The Hall–Kier alpha value is -0.930. The van der Waals surface area contributed by atoms with E-state index in [4.69, 9.17) is 4.98 Å². The molecule has 1 rings (SSSR count). The van der Waals surface area contributed by atoms with Gasteiger partial charge in [0, 0.05) is 26.2 Å². The Morgan fingerprint density at radius 1 is 1.05 bits per heavy atom. The Bertz CT molecular complexity index is 364. The molecule has 0 spiro atoms. The molecule has 0 fully saturated rings. The monoisotopic (exact) mass is 277 g/mol. The Kier molecular flexibility index (Phi) is 7.78. The van der Waals surface area contributed by atoms with E-state index in [2.05, 4.69) is 63.0 Å². The van der Waals surface area contributed by atoms with Crippen molar-refractivity contribution in [1.29, 1.82) is 0 Å². The first-order valence-electron chi connectivity index (χ1n) is 7.89. The molecule has 0 aromatic carbocycles. The molecule has 0 aliphatic heterocycles. The van der Waals surface area contributed by atoms with E-state index in [-0.39, 0.29) is 0 Å². The minimum atomic E-state index is 0.693. The molecule has 0 radical (unpaired) electrons. The Morgan fingerprint density at radius 2 is 1.65 bits per heavy atom. The number of hydrogen-bond donors (Lipinski definition) is 1. The molecule has 0 aliphatic rings. The maximum absolute atomic E-state index is 4.76. The lowest BCUT2D eigenvalue weighted by Gasteiger charge is -2.25. The molecule has 20 heavy (non-hydrogen) atoms. The van der Waals surface area contributed by atoms with E-state index in [1.54, 1.807) is 0 Å². The average molecular weight is 277 g/mol. The van der Waals surface area contributed by atoms with Gasteiger partial charge in [-0.05, 0) is 30.5 Å². The number of nitrogens with zero attached hydrogens (tertiary/aromatic N) is 2. The first-order valence-corrected chi connectivity index (χ1v) is 7.89. The van der Waals surface area contributed by atoms with Crippen molar-refractivity contribution >= 4 is 0 Å². The van der Waals surface area contributed by atoms with Gasteiger partial charge in [0.15, 0.2) is 0 Å². The minimum Gasteiger partial charge on any atom is -0.311 e. The minimum absolute atomic E-state index is 0.693. The molecular formula is C17H31N3. The Balaban J connectivity index is 2.66. The van der Waals surface area contributed by atoms with Crippen LogP contribution < -0.4 is 5.32 Å². The summed E-state index contributed by atoms with van der Waals surface area (Å²) in [5, 5.41) is 3.33. The molecule has 0 amide bonds. The van der Waals surface area contributed by atoms with E-state index in [1.807, 2.05) is 0 Å². The third-order valence-corrected chi connectivity index (χ3v) is 3.05. The summed E-state index contributed by atoms with van der Waals surface area (Å²) in [6.45, 7) is 16.3. The summed E-state index contributed by atoms with van der Waals surface area (Å²) >= 11 is 0. The van der Waals surface area contributed by atoms with Crippen LogP contribution in [0.15, 0.2) is 18.2 Å². The summed E-state index contributed by atoms with van der Waals surface area (Å²) in [7, 11) is 0. The second kappa shape index (κ2) is 9.09. The van der Waals surface area contributed by atoms with Crippen LogP contribution in [0.5, 0.6) is 0 Å². The molecule has 114 valence electrons. The highest BCUT2D eigenvalue weighted by Crippen LogP contribution is 2.09. The molecule has 1 heterocycles. The molecule has 0 unspecified atom stereocenters. The molecule has 1 N–H and O–H groups in total. The van der Waals surface area contributed by atoms with Gasteiger partial charge in [0.2, 0.25) is 0 Å². The van der Waals surface area contributed by atoms with Gasteiger partial charge in [-0.2, -0.15) is 0 Å². The topological polar surface area (TPSA) is 28.2 Å². The summed E-state index contributed by atoms with van der Waals surface area (Å²) in [6.07, 6.45) is 0. The fraction of sp³-hybridized carbons (Fsp3) is 0.706. The van der Waals surface area contributed by atoms with Crippen molar-refractivity contribution in [2.45, 2.75) is 47.7 Å². The van der Waals surface area contributed by atoms with Crippen LogP contribution in [-0.2, 0) is 13.1 Å². The van der Waals surface area contributed by atoms with Crippen LogP contribution in [0.25, 0.3) is 0 Å². The maximum Gasteiger partial charge on any atom is 0.0547 e. The SMILES string of the molecule is CCNCc1cccc(CN(CC(C)C)CC(C)C)n1. The van der Waals surface area contributed by atoms with Crippen LogP contribution in [0, 0.1) is 11.8 Å². The molecule has 0 saturated heterocycles. The number of rotatable bonds is 9. The molecule has 3 heteroatoms. The largest absolute Gasteiger partial charge is 0.311 e. The van der Waals surface area contributed by atoms with E-state index >= 15 is 0 Å². The van der Waals surface area contributed by atoms with Crippen LogP contribution in [-0.4, -0.2) is 29.5 Å². The van der Waals surface area contributed by atoms with Crippen LogP contribution >= 0.6 is 0 Å². The lowest BCUT2D eigenvalue weighted by molar-refractivity contribution is 0.209.